The Morgan fingerprint density at radius 3 is 2.81 bits per heavy atom. The molecule has 1 aromatic heterocycles. The zero-order valence-electron chi connectivity index (χ0n) is 11.3. The van der Waals surface area contributed by atoms with Crippen LogP contribution in [-0.4, -0.2) is 26.0 Å². The second kappa shape index (κ2) is 5.80. The summed E-state index contributed by atoms with van der Waals surface area (Å²) >= 11 is 1.20. The highest BCUT2D eigenvalue weighted by Gasteiger charge is 2.22. The minimum Gasteiger partial charge on any atom is -0.384 e. The molecule has 1 aliphatic carbocycles. The van der Waals surface area contributed by atoms with Crippen molar-refractivity contribution in [2.45, 2.75) is 41.8 Å². The molecule has 0 spiro atoms. The maximum Gasteiger partial charge on any atom is 0.214 e. The van der Waals surface area contributed by atoms with Gasteiger partial charge in [0.25, 0.3) is 0 Å². The van der Waals surface area contributed by atoms with E-state index in [1.807, 2.05) is 0 Å². The fourth-order valence-electron chi connectivity index (χ4n) is 2.48. The topological polar surface area (TPSA) is 93.5 Å². The lowest BCUT2D eigenvalue weighted by molar-refractivity contribution is 0.423. The standard InChI is InChI=1S/C13H15FN6S/c14-10-7-8(12(15)16)5-6-11(10)21-13-17-18-19-20(13)9-3-1-2-4-9/h5-7,9H,1-4H2,(H3,15,16). The van der Waals surface area contributed by atoms with Crippen molar-refractivity contribution < 1.29 is 4.39 Å². The van der Waals surface area contributed by atoms with Crippen molar-refractivity contribution in [1.29, 1.82) is 5.41 Å². The zero-order chi connectivity index (χ0) is 14.8. The number of tetrazole rings is 1. The molecule has 0 atom stereocenters. The number of hydrogen-bond donors (Lipinski definition) is 2. The molecule has 8 heteroatoms. The predicted octanol–water partition coefficient (Wildman–Crippen LogP) is 2.36. The number of hydrogen-bond acceptors (Lipinski definition) is 5. The Balaban J connectivity index is 1.84. The van der Waals surface area contributed by atoms with Gasteiger partial charge in [0.2, 0.25) is 5.16 Å². The summed E-state index contributed by atoms with van der Waals surface area (Å²) in [6.45, 7) is 0. The fourth-order valence-corrected chi connectivity index (χ4v) is 3.33. The number of amidine groups is 1. The van der Waals surface area contributed by atoms with Gasteiger partial charge in [0.05, 0.1) is 10.9 Å². The van der Waals surface area contributed by atoms with Crippen molar-refractivity contribution in [2.75, 3.05) is 0 Å². The average Bonchev–Trinajstić information content (AvgIpc) is 3.11. The normalized spacial score (nSPS) is 15.5. The number of nitrogens with zero attached hydrogens (tertiary/aromatic N) is 4. The van der Waals surface area contributed by atoms with Gasteiger partial charge in [-0.1, -0.05) is 12.8 Å². The summed E-state index contributed by atoms with van der Waals surface area (Å²) < 4.78 is 15.8. The molecule has 0 aliphatic heterocycles. The Bertz CT molecular complexity index is 664. The summed E-state index contributed by atoms with van der Waals surface area (Å²) in [6.07, 6.45) is 4.47. The second-order valence-electron chi connectivity index (χ2n) is 5.01. The van der Waals surface area contributed by atoms with Crippen LogP contribution in [0.3, 0.4) is 0 Å². The van der Waals surface area contributed by atoms with Crippen molar-refractivity contribution in [3.8, 4) is 0 Å². The van der Waals surface area contributed by atoms with Crippen molar-refractivity contribution in [1.82, 2.24) is 20.2 Å². The minimum atomic E-state index is -0.423. The molecule has 0 bridgehead atoms. The van der Waals surface area contributed by atoms with Crippen LogP contribution in [0.4, 0.5) is 4.39 Å². The summed E-state index contributed by atoms with van der Waals surface area (Å²) in [5.41, 5.74) is 5.72. The van der Waals surface area contributed by atoms with E-state index in [9.17, 15) is 4.39 Å². The van der Waals surface area contributed by atoms with Crippen LogP contribution < -0.4 is 5.73 Å². The molecule has 0 radical (unpaired) electrons. The molecule has 6 nitrogen and oxygen atoms in total. The smallest absolute Gasteiger partial charge is 0.214 e. The third-order valence-electron chi connectivity index (χ3n) is 3.58. The summed E-state index contributed by atoms with van der Waals surface area (Å²) in [5.74, 6) is -0.574. The van der Waals surface area contributed by atoms with Crippen LogP contribution >= 0.6 is 11.8 Å². The van der Waals surface area contributed by atoms with Crippen LogP contribution in [0, 0.1) is 11.2 Å². The lowest BCUT2D eigenvalue weighted by Gasteiger charge is -2.11. The van der Waals surface area contributed by atoms with Gasteiger partial charge in [-0.15, -0.1) is 5.10 Å². The zero-order valence-corrected chi connectivity index (χ0v) is 12.1. The van der Waals surface area contributed by atoms with Gasteiger partial charge in [-0.25, -0.2) is 9.07 Å². The van der Waals surface area contributed by atoms with Gasteiger partial charge in [0, 0.05) is 5.56 Å². The molecule has 110 valence electrons. The lowest BCUT2D eigenvalue weighted by atomic mass is 10.2. The Morgan fingerprint density at radius 2 is 2.14 bits per heavy atom. The molecule has 1 aromatic carbocycles. The van der Waals surface area contributed by atoms with E-state index in [0.717, 1.165) is 12.8 Å². The van der Waals surface area contributed by atoms with E-state index in [1.54, 1.807) is 16.8 Å². The second-order valence-corrected chi connectivity index (χ2v) is 6.01. The van der Waals surface area contributed by atoms with Gasteiger partial charge in [-0.2, -0.15) is 0 Å². The van der Waals surface area contributed by atoms with E-state index in [2.05, 4.69) is 15.5 Å². The number of nitrogens with one attached hydrogen (secondary N) is 1. The Hall–Kier alpha value is -1.96. The molecule has 0 amide bonds. The lowest BCUT2D eigenvalue weighted by Crippen LogP contribution is -2.11. The van der Waals surface area contributed by atoms with Crippen LogP contribution in [0.15, 0.2) is 28.3 Å². The van der Waals surface area contributed by atoms with Crippen LogP contribution in [0.5, 0.6) is 0 Å². The summed E-state index contributed by atoms with van der Waals surface area (Å²) in [4.78, 5) is 0.425. The van der Waals surface area contributed by atoms with Crippen molar-refractivity contribution >= 4 is 17.6 Å². The third kappa shape index (κ3) is 2.90. The fraction of sp³-hybridized carbons (Fsp3) is 0.385. The van der Waals surface area contributed by atoms with Gasteiger partial charge < -0.3 is 5.73 Å². The molecule has 2 aromatic rings. The monoisotopic (exact) mass is 306 g/mol. The Morgan fingerprint density at radius 1 is 1.38 bits per heavy atom. The molecule has 1 saturated carbocycles. The molecule has 3 N–H and O–H groups in total. The van der Waals surface area contributed by atoms with Gasteiger partial charge in [-0.05, 0) is 53.2 Å². The van der Waals surface area contributed by atoms with Crippen LogP contribution in [0.2, 0.25) is 0 Å². The first-order valence-electron chi connectivity index (χ1n) is 6.75. The highest BCUT2D eigenvalue weighted by molar-refractivity contribution is 7.99. The summed E-state index contributed by atoms with van der Waals surface area (Å²) in [6, 6.07) is 4.79. The first-order chi connectivity index (χ1) is 10.1. The largest absolute Gasteiger partial charge is 0.384 e. The molecule has 1 fully saturated rings. The molecule has 1 aliphatic rings. The van der Waals surface area contributed by atoms with E-state index in [4.69, 9.17) is 11.1 Å². The van der Waals surface area contributed by atoms with Crippen molar-refractivity contribution in [2.24, 2.45) is 5.73 Å². The van der Waals surface area contributed by atoms with E-state index >= 15 is 0 Å². The van der Waals surface area contributed by atoms with E-state index in [1.165, 1.54) is 30.7 Å². The van der Waals surface area contributed by atoms with Gasteiger partial charge in [0.15, 0.2) is 0 Å². The summed E-state index contributed by atoms with van der Waals surface area (Å²) in [5, 5.41) is 19.6. The number of nitrogen functional groups attached to an aromatic ring is 1. The molecule has 21 heavy (non-hydrogen) atoms. The van der Waals surface area contributed by atoms with E-state index in [-0.39, 0.29) is 5.84 Å². The molecule has 0 unspecified atom stereocenters. The van der Waals surface area contributed by atoms with E-state index in [0.29, 0.717) is 21.7 Å². The maximum atomic E-state index is 14.1. The predicted molar refractivity (Wildman–Crippen MR) is 76.9 cm³/mol. The van der Waals surface area contributed by atoms with Crippen LogP contribution in [-0.2, 0) is 0 Å². The third-order valence-corrected chi connectivity index (χ3v) is 4.58. The maximum absolute atomic E-state index is 14.1. The number of halogens is 1. The number of benzene rings is 1. The Kier molecular flexibility index (Phi) is 3.87. The molecular weight excluding hydrogens is 291 g/mol. The molecule has 3 rings (SSSR count). The summed E-state index contributed by atoms with van der Waals surface area (Å²) in [7, 11) is 0. The first-order valence-corrected chi connectivity index (χ1v) is 7.56. The van der Waals surface area contributed by atoms with Crippen LogP contribution in [0.1, 0.15) is 37.3 Å². The molecular formula is C13H15FN6S. The Labute approximate surface area is 125 Å². The van der Waals surface area contributed by atoms with Crippen LogP contribution in [0.25, 0.3) is 0 Å². The van der Waals surface area contributed by atoms with Gasteiger partial charge >= 0.3 is 0 Å². The highest BCUT2D eigenvalue weighted by atomic mass is 32.2. The van der Waals surface area contributed by atoms with Gasteiger partial charge in [-0.3, -0.25) is 5.41 Å². The average molecular weight is 306 g/mol. The number of rotatable bonds is 4. The quantitative estimate of drug-likeness (QED) is 0.668. The molecule has 0 saturated heterocycles. The first kappa shape index (κ1) is 14.0. The highest BCUT2D eigenvalue weighted by Crippen LogP contribution is 2.34. The minimum absolute atomic E-state index is 0.152. The van der Waals surface area contributed by atoms with E-state index < -0.39 is 5.82 Å². The number of aromatic nitrogens is 4. The molecule has 1 heterocycles. The SMILES string of the molecule is N=C(N)c1ccc(Sc2nnnn2C2CCCC2)c(F)c1. The number of nitrogens with two attached hydrogens (primary N) is 1. The van der Waals surface area contributed by atoms with Gasteiger partial charge in [0.1, 0.15) is 11.7 Å². The van der Waals surface area contributed by atoms with Crippen molar-refractivity contribution in [3.05, 3.63) is 29.6 Å². The van der Waals surface area contributed by atoms with Crippen molar-refractivity contribution in [3.63, 3.8) is 0 Å².